The Morgan fingerprint density at radius 2 is 1.75 bits per heavy atom. The summed E-state index contributed by atoms with van der Waals surface area (Å²) < 4.78 is 5.03. The fourth-order valence-electron chi connectivity index (χ4n) is 0.918. The smallest absolute Gasteiger partial charge is 0.410 e. The molecule has 2 unspecified atom stereocenters. The summed E-state index contributed by atoms with van der Waals surface area (Å²) in [4.78, 5) is 23.1. The zero-order valence-electron chi connectivity index (χ0n) is 10.2. The number of aliphatic carboxylic acids is 1. The maximum absolute atomic E-state index is 11.5. The zero-order valence-corrected chi connectivity index (χ0v) is 10.2. The van der Waals surface area contributed by atoms with E-state index in [1.807, 2.05) is 0 Å². The van der Waals surface area contributed by atoms with Crippen LogP contribution >= 0.6 is 0 Å². The summed E-state index contributed by atoms with van der Waals surface area (Å²) in [6.07, 6.45) is -2.29. The van der Waals surface area contributed by atoms with Crippen LogP contribution < -0.4 is 0 Å². The number of hydrogen-bond donors (Lipinski definition) is 2. The van der Waals surface area contributed by atoms with Crippen LogP contribution in [0.1, 0.15) is 27.7 Å². The molecule has 2 N–H and O–H groups in total. The molecule has 0 aromatic carbocycles. The Labute approximate surface area is 94.8 Å². The van der Waals surface area contributed by atoms with Crippen LogP contribution in [0, 0.1) is 0 Å². The Balaban J connectivity index is 4.50. The van der Waals surface area contributed by atoms with Crippen molar-refractivity contribution in [3.05, 3.63) is 0 Å². The van der Waals surface area contributed by atoms with Gasteiger partial charge in [-0.1, -0.05) is 0 Å². The molecule has 1 amide bonds. The van der Waals surface area contributed by atoms with E-state index in [2.05, 4.69) is 0 Å². The molecule has 0 saturated carbocycles. The summed E-state index contributed by atoms with van der Waals surface area (Å²) in [6.45, 7) is 6.55. The van der Waals surface area contributed by atoms with Crippen molar-refractivity contribution in [2.75, 3.05) is 7.05 Å². The number of carboxylic acids is 1. The highest BCUT2D eigenvalue weighted by molar-refractivity contribution is 5.75. The molecule has 16 heavy (non-hydrogen) atoms. The fraction of sp³-hybridized carbons (Fsp3) is 0.800. The molecule has 0 aromatic rings. The third-order valence-electron chi connectivity index (χ3n) is 2.00. The summed E-state index contributed by atoms with van der Waals surface area (Å²) in [7, 11) is 1.38. The van der Waals surface area contributed by atoms with Crippen LogP contribution in [0.25, 0.3) is 0 Å². The van der Waals surface area contributed by atoms with E-state index >= 15 is 0 Å². The summed E-state index contributed by atoms with van der Waals surface area (Å²) in [5.74, 6) is -1.37. The van der Waals surface area contributed by atoms with Crippen molar-refractivity contribution in [2.45, 2.75) is 45.4 Å². The predicted octanol–water partition coefficient (Wildman–Crippen LogP) is 0.687. The van der Waals surface area contributed by atoms with Gasteiger partial charge in [-0.3, -0.25) is 0 Å². The molecule has 0 rings (SSSR count). The standard InChI is InChI=1S/C10H19NO5/c1-6(7(12)8(13)14)11(5)9(15)16-10(2,3)4/h6-7,12H,1-5H3,(H,13,14). The second-order valence-electron chi connectivity index (χ2n) is 4.61. The molecule has 0 aliphatic rings. The highest BCUT2D eigenvalue weighted by Gasteiger charge is 2.30. The lowest BCUT2D eigenvalue weighted by Crippen LogP contribution is -2.47. The number of aliphatic hydroxyl groups is 1. The van der Waals surface area contributed by atoms with Gasteiger partial charge in [-0.05, 0) is 27.7 Å². The Morgan fingerprint density at radius 1 is 1.31 bits per heavy atom. The lowest BCUT2D eigenvalue weighted by molar-refractivity contribution is -0.149. The zero-order chi connectivity index (χ0) is 13.1. The van der Waals surface area contributed by atoms with E-state index < -0.39 is 29.8 Å². The van der Waals surface area contributed by atoms with Gasteiger partial charge in [0.1, 0.15) is 5.60 Å². The first kappa shape index (κ1) is 14.7. The molecule has 0 saturated heterocycles. The molecule has 0 spiro atoms. The Morgan fingerprint density at radius 3 is 2.06 bits per heavy atom. The van der Waals surface area contributed by atoms with Crippen molar-refractivity contribution in [1.29, 1.82) is 0 Å². The van der Waals surface area contributed by atoms with E-state index in [1.165, 1.54) is 14.0 Å². The average molecular weight is 233 g/mol. The molecular formula is C10H19NO5. The minimum Gasteiger partial charge on any atom is -0.479 e. The number of nitrogens with zero attached hydrogens (tertiary/aromatic N) is 1. The van der Waals surface area contributed by atoms with Crippen molar-refractivity contribution < 1.29 is 24.5 Å². The molecule has 0 fully saturated rings. The van der Waals surface area contributed by atoms with E-state index in [9.17, 15) is 14.7 Å². The second kappa shape index (κ2) is 5.16. The number of carbonyl (C=O) groups excluding carboxylic acids is 1. The highest BCUT2D eigenvalue weighted by Crippen LogP contribution is 2.12. The van der Waals surface area contributed by atoms with Crippen LogP contribution in [-0.2, 0) is 9.53 Å². The third kappa shape index (κ3) is 4.48. The van der Waals surface area contributed by atoms with Gasteiger partial charge < -0.3 is 19.8 Å². The largest absolute Gasteiger partial charge is 0.479 e. The number of aliphatic hydroxyl groups excluding tert-OH is 1. The first-order valence-corrected chi connectivity index (χ1v) is 4.93. The van der Waals surface area contributed by atoms with Crippen LogP contribution in [0.15, 0.2) is 0 Å². The Hall–Kier alpha value is -1.30. The van der Waals surface area contributed by atoms with E-state index in [-0.39, 0.29) is 0 Å². The number of amides is 1. The van der Waals surface area contributed by atoms with E-state index in [4.69, 9.17) is 9.84 Å². The van der Waals surface area contributed by atoms with Crippen LogP contribution in [-0.4, -0.2) is 52.0 Å². The van der Waals surface area contributed by atoms with Crippen LogP contribution in [0.3, 0.4) is 0 Å². The maximum Gasteiger partial charge on any atom is 0.410 e. The molecule has 0 bridgehead atoms. The van der Waals surface area contributed by atoms with Crippen molar-refractivity contribution in [2.24, 2.45) is 0 Å². The minimum atomic E-state index is -1.63. The second-order valence-corrected chi connectivity index (χ2v) is 4.61. The summed E-state index contributed by atoms with van der Waals surface area (Å²) >= 11 is 0. The van der Waals surface area contributed by atoms with Crippen molar-refractivity contribution in [3.8, 4) is 0 Å². The molecule has 2 atom stereocenters. The lowest BCUT2D eigenvalue weighted by atomic mass is 10.1. The molecular weight excluding hydrogens is 214 g/mol. The lowest BCUT2D eigenvalue weighted by Gasteiger charge is -2.29. The maximum atomic E-state index is 11.5. The molecule has 0 aliphatic heterocycles. The summed E-state index contributed by atoms with van der Waals surface area (Å²) in [5, 5.41) is 17.9. The molecule has 6 heteroatoms. The number of ether oxygens (including phenoxy) is 1. The van der Waals surface area contributed by atoms with Gasteiger partial charge in [-0.25, -0.2) is 9.59 Å². The van der Waals surface area contributed by atoms with Gasteiger partial charge in [0.05, 0.1) is 6.04 Å². The Kier molecular flexibility index (Phi) is 4.74. The van der Waals surface area contributed by atoms with Gasteiger partial charge in [-0.15, -0.1) is 0 Å². The van der Waals surface area contributed by atoms with E-state index in [0.29, 0.717) is 0 Å². The molecule has 94 valence electrons. The Bertz CT molecular complexity index is 271. The van der Waals surface area contributed by atoms with Crippen molar-refractivity contribution in [3.63, 3.8) is 0 Å². The number of carbonyl (C=O) groups is 2. The highest BCUT2D eigenvalue weighted by atomic mass is 16.6. The van der Waals surface area contributed by atoms with Crippen LogP contribution in [0.2, 0.25) is 0 Å². The first-order valence-electron chi connectivity index (χ1n) is 4.93. The molecule has 6 nitrogen and oxygen atoms in total. The molecule has 0 heterocycles. The SMILES string of the molecule is CC(C(O)C(=O)O)N(C)C(=O)OC(C)(C)C. The summed E-state index contributed by atoms with van der Waals surface area (Å²) in [6, 6.07) is -0.854. The third-order valence-corrected chi connectivity index (χ3v) is 2.00. The summed E-state index contributed by atoms with van der Waals surface area (Å²) in [5.41, 5.74) is -0.654. The van der Waals surface area contributed by atoms with E-state index in [0.717, 1.165) is 4.90 Å². The minimum absolute atomic E-state index is 0.654. The quantitative estimate of drug-likeness (QED) is 0.748. The molecule has 0 aliphatic carbocycles. The number of likely N-dealkylation sites (N-methyl/N-ethyl adjacent to an activating group) is 1. The van der Waals surface area contributed by atoms with Crippen molar-refractivity contribution >= 4 is 12.1 Å². The number of carboxylic acid groups (broad SMARTS) is 1. The van der Waals surface area contributed by atoms with Crippen LogP contribution in [0.4, 0.5) is 4.79 Å². The normalized spacial score (nSPS) is 15.1. The predicted molar refractivity (Wildman–Crippen MR) is 57.1 cm³/mol. The number of rotatable bonds is 3. The van der Waals surface area contributed by atoms with Gasteiger partial charge >= 0.3 is 12.1 Å². The van der Waals surface area contributed by atoms with Gasteiger partial charge in [0.15, 0.2) is 6.10 Å². The number of hydrogen-bond acceptors (Lipinski definition) is 4. The van der Waals surface area contributed by atoms with Crippen LogP contribution in [0.5, 0.6) is 0 Å². The van der Waals surface area contributed by atoms with Crippen molar-refractivity contribution in [1.82, 2.24) is 4.90 Å². The van der Waals surface area contributed by atoms with Gasteiger partial charge in [0, 0.05) is 7.05 Å². The molecule has 0 aromatic heterocycles. The van der Waals surface area contributed by atoms with Gasteiger partial charge in [0.2, 0.25) is 0 Å². The first-order chi connectivity index (χ1) is 7.06. The topological polar surface area (TPSA) is 87.1 Å². The average Bonchev–Trinajstić information content (AvgIpc) is 2.11. The molecule has 0 radical (unpaired) electrons. The van der Waals surface area contributed by atoms with Gasteiger partial charge in [-0.2, -0.15) is 0 Å². The monoisotopic (exact) mass is 233 g/mol. The fourth-order valence-corrected chi connectivity index (χ4v) is 0.918. The van der Waals surface area contributed by atoms with E-state index in [1.54, 1.807) is 20.8 Å². The van der Waals surface area contributed by atoms with Gasteiger partial charge in [0.25, 0.3) is 0 Å².